The summed E-state index contributed by atoms with van der Waals surface area (Å²) in [6.07, 6.45) is 4.49. The quantitative estimate of drug-likeness (QED) is 0.907. The fraction of sp³-hybridized carbons (Fsp3) is 0.769. The highest BCUT2D eigenvalue weighted by Crippen LogP contribution is 2.24. The van der Waals surface area contributed by atoms with Gasteiger partial charge in [0, 0.05) is 25.6 Å². The number of ether oxygens (including phenoxy) is 1. The second kappa shape index (κ2) is 6.17. The van der Waals surface area contributed by atoms with Gasteiger partial charge in [-0.05, 0) is 49.0 Å². The van der Waals surface area contributed by atoms with Gasteiger partial charge in [0.2, 0.25) is 0 Å². The largest absolute Gasteiger partial charge is 0.378 e. The summed E-state index contributed by atoms with van der Waals surface area (Å²) in [5.74, 6) is 0. The molecule has 2 N–H and O–H groups in total. The van der Waals surface area contributed by atoms with E-state index in [-0.39, 0.29) is 6.04 Å². The lowest BCUT2D eigenvalue weighted by molar-refractivity contribution is 0.0981. The maximum absolute atomic E-state index is 6.25. The van der Waals surface area contributed by atoms with E-state index in [4.69, 9.17) is 10.5 Å². The van der Waals surface area contributed by atoms with Gasteiger partial charge in [0.05, 0.1) is 22.0 Å². The first-order valence-electron chi connectivity index (χ1n) is 6.70. The van der Waals surface area contributed by atoms with Crippen molar-refractivity contribution in [2.24, 2.45) is 5.73 Å². The van der Waals surface area contributed by atoms with Crippen molar-refractivity contribution in [1.82, 2.24) is 9.78 Å². The fourth-order valence-electron chi connectivity index (χ4n) is 2.56. The third kappa shape index (κ3) is 3.13. The fourth-order valence-corrected chi connectivity index (χ4v) is 3.01. The highest BCUT2D eigenvalue weighted by Gasteiger charge is 2.21. The zero-order chi connectivity index (χ0) is 13.1. The Kier molecular flexibility index (Phi) is 4.81. The second-order valence-corrected chi connectivity index (χ2v) is 5.79. The molecule has 0 bridgehead atoms. The van der Waals surface area contributed by atoms with E-state index in [1.165, 1.54) is 12.1 Å². The van der Waals surface area contributed by atoms with Crippen LogP contribution in [-0.4, -0.2) is 28.5 Å². The van der Waals surface area contributed by atoms with Crippen molar-refractivity contribution < 1.29 is 4.74 Å². The predicted molar refractivity (Wildman–Crippen MR) is 75.6 cm³/mol. The van der Waals surface area contributed by atoms with Crippen LogP contribution in [0.25, 0.3) is 0 Å². The van der Waals surface area contributed by atoms with E-state index in [1.807, 2.05) is 11.6 Å². The molecule has 0 aromatic carbocycles. The van der Waals surface area contributed by atoms with Gasteiger partial charge < -0.3 is 10.5 Å². The van der Waals surface area contributed by atoms with E-state index in [0.29, 0.717) is 6.10 Å². The minimum absolute atomic E-state index is 0.144. The lowest BCUT2D eigenvalue weighted by Gasteiger charge is -2.17. The molecule has 18 heavy (non-hydrogen) atoms. The van der Waals surface area contributed by atoms with Crippen molar-refractivity contribution >= 4 is 15.9 Å². The van der Waals surface area contributed by atoms with Crippen LogP contribution in [0.1, 0.15) is 37.6 Å². The molecule has 0 radical (unpaired) electrons. The van der Waals surface area contributed by atoms with Crippen molar-refractivity contribution in [3.8, 4) is 0 Å². The van der Waals surface area contributed by atoms with Gasteiger partial charge in [-0.2, -0.15) is 5.10 Å². The van der Waals surface area contributed by atoms with E-state index in [1.54, 1.807) is 0 Å². The van der Waals surface area contributed by atoms with Crippen LogP contribution in [0.3, 0.4) is 0 Å². The molecule has 1 aliphatic rings. The molecule has 0 aliphatic carbocycles. The van der Waals surface area contributed by atoms with Gasteiger partial charge in [0.1, 0.15) is 0 Å². The Morgan fingerprint density at radius 3 is 3.00 bits per heavy atom. The molecule has 4 nitrogen and oxygen atoms in total. The van der Waals surface area contributed by atoms with Crippen LogP contribution in [0.15, 0.2) is 4.47 Å². The maximum atomic E-state index is 6.25. The van der Waals surface area contributed by atoms with E-state index in [2.05, 4.69) is 28.0 Å². The molecule has 5 heteroatoms. The summed E-state index contributed by atoms with van der Waals surface area (Å²) < 4.78 is 8.78. The number of aromatic nitrogens is 2. The molecule has 1 aromatic heterocycles. The molecule has 2 heterocycles. The van der Waals surface area contributed by atoms with Gasteiger partial charge in [-0.25, -0.2) is 0 Å². The average Bonchev–Trinajstić information content (AvgIpc) is 2.92. The van der Waals surface area contributed by atoms with Crippen LogP contribution in [-0.2, 0) is 17.7 Å². The molecule has 1 aromatic rings. The summed E-state index contributed by atoms with van der Waals surface area (Å²) in [6, 6.07) is 0.144. The van der Waals surface area contributed by atoms with Crippen molar-refractivity contribution in [3.63, 3.8) is 0 Å². The van der Waals surface area contributed by atoms with Crippen LogP contribution < -0.4 is 5.73 Å². The third-order valence-corrected chi connectivity index (χ3v) is 4.53. The Bertz CT molecular complexity index is 399. The van der Waals surface area contributed by atoms with Crippen LogP contribution in [0.5, 0.6) is 0 Å². The molecular formula is C13H22BrN3O. The number of rotatable bonds is 5. The molecule has 0 saturated carbocycles. The summed E-state index contributed by atoms with van der Waals surface area (Å²) in [4.78, 5) is 0. The summed E-state index contributed by atoms with van der Waals surface area (Å²) in [5, 5.41) is 4.50. The van der Waals surface area contributed by atoms with Gasteiger partial charge in [0.25, 0.3) is 0 Å². The number of nitrogens with zero attached hydrogens (tertiary/aromatic N) is 2. The highest BCUT2D eigenvalue weighted by atomic mass is 79.9. The van der Waals surface area contributed by atoms with Crippen LogP contribution in [0.2, 0.25) is 0 Å². The molecule has 2 atom stereocenters. The Morgan fingerprint density at radius 2 is 2.39 bits per heavy atom. The molecule has 102 valence electrons. The number of halogens is 1. The third-order valence-electron chi connectivity index (χ3n) is 3.50. The smallest absolute Gasteiger partial charge is 0.0738 e. The number of aryl methyl sites for hydroxylation is 2. The molecule has 0 amide bonds. The lowest BCUT2D eigenvalue weighted by Crippen LogP contribution is -2.29. The van der Waals surface area contributed by atoms with Gasteiger partial charge in [-0.3, -0.25) is 4.68 Å². The van der Waals surface area contributed by atoms with Crippen LogP contribution >= 0.6 is 15.9 Å². The van der Waals surface area contributed by atoms with E-state index in [9.17, 15) is 0 Å². The first-order valence-corrected chi connectivity index (χ1v) is 7.50. The van der Waals surface area contributed by atoms with Crippen molar-refractivity contribution in [2.75, 3.05) is 6.61 Å². The normalized spacial score (nSPS) is 21.4. The minimum atomic E-state index is 0.144. The topological polar surface area (TPSA) is 53.1 Å². The van der Waals surface area contributed by atoms with E-state index in [0.717, 1.165) is 42.6 Å². The lowest BCUT2D eigenvalue weighted by atomic mass is 10.0. The molecular weight excluding hydrogens is 294 g/mol. The van der Waals surface area contributed by atoms with E-state index >= 15 is 0 Å². The summed E-state index contributed by atoms with van der Waals surface area (Å²) in [7, 11) is 0. The van der Waals surface area contributed by atoms with Gasteiger partial charge in [0.15, 0.2) is 0 Å². The second-order valence-electron chi connectivity index (χ2n) is 5.00. The zero-order valence-corrected chi connectivity index (χ0v) is 12.7. The Labute approximate surface area is 117 Å². The standard InChI is InChI=1S/C13H22BrN3O/c1-3-17-12(13(14)9(2)16-17)8-10(15)7-11-5-4-6-18-11/h10-11H,3-8,15H2,1-2H3. The van der Waals surface area contributed by atoms with Gasteiger partial charge in [-0.1, -0.05) is 0 Å². The van der Waals surface area contributed by atoms with Crippen molar-refractivity contribution in [3.05, 3.63) is 15.9 Å². The monoisotopic (exact) mass is 315 g/mol. The Balaban J connectivity index is 1.99. The first kappa shape index (κ1) is 14.0. The average molecular weight is 316 g/mol. The van der Waals surface area contributed by atoms with Crippen LogP contribution in [0, 0.1) is 6.92 Å². The number of hydrogen-bond acceptors (Lipinski definition) is 3. The van der Waals surface area contributed by atoms with E-state index < -0.39 is 0 Å². The number of nitrogens with two attached hydrogens (primary N) is 1. The minimum Gasteiger partial charge on any atom is -0.378 e. The molecule has 0 spiro atoms. The summed E-state index contributed by atoms with van der Waals surface area (Å²) >= 11 is 3.61. The summed E-state index contributed by atoms with van der Waals surface area (Å²) in [5.41, 5.74) is 8.49. The molecule has 2 unspecified atom stereocenters. The summed E-state index contributed by atoms with van der Waals surface area (Å²) in [6.45, 7) is 5.90. The number of hydrogen-bond donors (Lipinski definition) is 1. The van der Waals surface area contributed by atoms with Crippen molar-refractivity contribution in [1.29, 1.82) is 0 Å². The molecule has 1 aliphatic heterocycles. The highest BCUT2D eigenvalue weighted by molar-refractivity contribution is 9.10. The maximum Gasteiger partial charge on any atom is 0.0738 e. The first-order chi connectivity index (χ1) is 8.61. The van der Waals surface area contributed by atoms with Crippen molar-refractivity contribution in [2.45, 2.75) is 58.2 Å². The van der Waals surface area contributed by atoms with Gasteiger partial charge in [-0.15, -0.1) is 0 Å². The zero-order valence-electron chi connectivity index (χ0n) is 11.2. The molecule has 2 rings (SSSR count). The molecule has 1 saturated heterocycles. The Hall–Kier alpha value is -0.390. The predicted octanol–water partition coefficient (Wildman–Crippen LogP) is 2.41. The Morgan fingerprint density at radius 1 is 1.61 bits per heavy atom. The SMILES string of the molecule is CCn1nc(C)c(Br)c1CC(N)CC1CCCO1. The molecule has 1 fully saturated rings. The van der Waals surface area contributed by atoms with Crippen LogP contribution in [0.4, 0.5) is 0 Å². The van der Waals surface area contributed by atoms with Gasteiger partial charge >= 0.3 is 0 Å².